The highest BCUT2D eigenvalue weighted by atomic mass is 32.2. The molecule has 19 heavy (non-hydrogen) atoms. The van der Waals surface area contributed by atoms with E-state index in [-0.39, 0.29) is 5.41 Å². The van der Waals surface area contributed by atoms with Crippen LogP contribution in [0.25, 0.3) is 0 Å². The van der Waals surface area contributed by atoms with Crippen LogP contribution in [0.2, 0.25) is 0 Å². The topological polar surface area (TPSA) is 41.7 Å². The smallest absolute Gasteiger partial charge is 0.209 e. The van der Waals surface area contributed by atoms with Crippen molar-refractivity contribution in [2.24, 2.45) is 0 Å². The Kier molecular flexibility index (Phi) is 4.30. The molecule has 1 heterocycles. The Bertz CT molecular complexity index is 511. The monoisotopic (exact) mass is 282 g/mol. The van der Waals surface area contributed by atoms with Crippen LogP contribution in [-0.4, -0.2) is 22.1 Å². The van der Waals surface area contributed by atoms with Crippen LogP contribution in [0, 0.1) is 0 Å². The maximum absolute atomic E-state index is 8.22. The van der Waals surface area contributed by atoms with Crippen LogP contribution < -0.4 is 0 Å². The van der Waals surface area contributed by atoms with Gasteiger partial charge in [-0.3, -0.25) is 0 Å². The lowest BCUT2D eigenvalue weighted by Gasteiger charge is -2.15. The number of fused-ring (bicyclic) bond motifs is 1. The van der Waals surface area contributed by atoms with Crippen molar-refractivity contribution >= 4 is 23.4 Å². The Morgan fingerprint density at radius 3 is 2.74 bits per heavy atom. The first kappa shape index (κ1) is 14.5. The molecular formula is C14H20NO3S+. The molecule has 1 aromatic carbocycles. The van der Waals surface area contributed by atoms with Gasteiger partial charge >= 0.3 is 0 Å². The zero-order valence-corrected chi connectivity index (χ0v) is 12.6. The third kappa shape index (κ3) is 2.56. The van der Waals surface area contributed by atoms with Gasteiger partial charge in [0.05, 0.1) is 17.5 Å². The van der Waals surface area contributed by atoms with Crippen LogP contribution >= 0.6 is 12.0 Å². The number of hydrogen-bond acceptors (Lipinski definition) is 4. The molecule has 0 fully saturated rings. The van der Waals surface area contributed by atoms with Crippen LogP contribution in [0.1, 0.15) is 39.7 Å². The number of hydrogen-bond donors (Lipinski definition) is 1. The first-order chi connectivity index (χ1) is 9.02. The third-order valence-corrected chi connectivity index (χ3v) is 4.42. The maximum atomic E-state index is 8.22. The van der Waals surface area contributed by atoms with Gasteiger partial charge in [-0.05, 0) is 26.0 Å². The van der Waals surface area contributed by atoms with E-state index in [9.17, 15) is 0 Å². The van der Waals surface area contributed by atoms with E-state index in [1.54, 1.807) is 0 Å². The van der Waals surface area contributed by atoms with Crippen LogP contribution in [0.15, 0.2) is 23.1 Å². The van der Waals surface area contributed by atoms with Crippen molar-refractivity contribution in [3.8, 4) is 0 Å². The van der Waals surface area contributed by atoms with E-state index in [2.05, 4.69) is 53.8 Å². The largest absolute Gasteiger partial charge is 0.220 e. The Balaban J connectivity index is 2.41. The molecule has 5 heteroatoms. The van der Waals surface area contributed by atoms with Crippen molar-refractivity contribution in [2.45, 2.75) is 44.4 Å². The summed E-state index contributed by atoms with van der Waals surface area (Å²) in [5.41, 5.74) is 3.93. The molecule has 0 spiro atoms. The fraction of sp³-hybridized carbons (Fsp3) is 0.500. The predicted octanol–water partition coefficient (Wildman–Crippen LogP) is 3.92. The lowest BCUT2D eigenvalue weighted by Crippen LogP contribution is -2.26. The zero-order valence-electron chi connectivity index (χ0n) is 11.8. The third-order valence-electron chi connectivity index (χ3n) is 3.85. The normalized spacial score (nSPS) is 16.9. The van der Waals surface area contributed by atoms with Crippen molar-refractivity contribution < 1.29 is 19.2 Å². The summed E-state index contributed by atoms with van der Waals surface area (Å²) >= 11 is 1.00. The molecule has 4 nitrogen and oxygen atoms in total. The molecule has 1 aliphatic rings. The Hall–Kier alpha value is -0.880. The summed E-state index contributed by atoms with van der Waals surface area (Å²) in [6, 6.07) is 6.17. The molecule has 1 N–H and O–H groups in total. The van der Waals surface area contributed by atoms with Gasteiger partial charge in [-0.25, -0.2) is 5.26 Å². The molecule has 0 unspecified atom stereocenters. The lowest BCUT2D eigenvalue weighted by molar-refractivity contribution is -0.439. The van der Waals surface area contributed by atoms with Crippen molar-refractivity contribution in [1.82, 2.24) is 0 Å². The Morgan fingerprint density at radius 1 is 1.37 bits per heavy atom. The molecule has 0 saturated heterocycles. The zero-order chi connectivity index (χ0) is 14.0. The molecule has 1 aromatic rings. The Morgan fingerprint density at radius 2 is 2.11 bits per heavy atom. The minimum atomic E-state index is 0.0150. The first-order valence-corrected chi connectivity index (χ1v) is 7.17. The number of nitrogens with zero attached hydrogens (tertiary/aromatic N) is 1. The number of rotatable bonds is 5. The van der Waals surface area contributed by atoms with Crippen molar-refractivity contribution in [1.29, 1.82) is 0 Å². The fourth-order valence-corrected chi connectivity index (χ4v) is 2.98. The molecular weight excluding hydrogens is 262 g/mol. The van der Waals surface area contributed by atoms with E-state index < -0.39 is 0 Å². The molecule has 0 amide bonds. The minimum Gasteiger partial charge on any atom is -0.220 e. The summed E-state index contributed by atoms with van der Waals surface area (Å²) in [6.45, 7) is 9.87. The summed E-state index contributed by atoms with van der Waals surface area (Å²) in [4.78, 5) is 0.909. The molecule has 104 valence electrons. The van der Waals surface area contributed by atoms with E-state index in [4.69, 9.17) is 5.26 Å². The predicted molar refractivity (Wildman–Crippen MR) is 75.9 cm³/mol. The van der Waals surface area contributed by atoms with Gasteiger partial charge in [-0.1, -0.05) is 12.0 Å². The van der Waals surface area contributed by atoms with E-state index in [1.165, 1.54) is 17.0 Å². The molecule has 1 aliphatic heterocycles. The highest BCUT2D eigenvalue weighted by Gasteiger charge is 2.42. The fourth-order valence-electron chi connectivity index (χ4n) is 2.58. The molecule has 2 rings (SSSR count). The minimum absolute atomic E-state index is 0.0150. The summed E-state index contributed by atoms with van der Waals surface area (Å²) in [5.74, 6) is 0. The molecule has 0 radical (unpaired) electrons. The highest BCUT2D eigenvalue weighted by Crippen LogP contribution is 2.41. The molecule has 0 saturated carbocycles. The van der Waals surface area contributed by atoms with Crippen molar-refractivity contribution in [2.75, 3.05) is 6.54 Å². The Labute approximate surface area is 118 Å². The summed E-state index contributed by atoms with van der Waals surface area (Å²) in [5, 5.41) is 11.9. The van der Waals surface area contributed by atoms with Gasteiger partial charge in [0.2, 0.25) is 5.69 Å². The van der Waals surface area contributed by atoms with Gasteiger partial charge in [0.1, 0.15) is 6.54 Å². The van der Waals surface area contributed by atoms with Gasteiger partial charge < -0.3 is 0 Å². The highest BCUT2D eigenvalue weighted by molar-refractivity contribution is 7.94. The van der Waals surface area contributed by atoms with Crippen LogP contribution in [-0.2, 0) is 14.8 Å². The molecule has 0 bridgehead atoms. The standard InChI is InChI=1S/C14H19NO3S/c1-5-8-15-10(2)14(3,4)12-9-11(19-18-17-16)6-7-13(12)15/h6-7,9H,5,8H2,1-4H3/p+1. The summed E-state index contributed by atoms with van der Waals surface area (Å²) < 4.78 is 6.88. The van der Waals surface area contributed by atoms with E-state index in [0.29, 0.717) is 0 Å². The first-order valence-electron chi connectivity index (χ1n) is 6.43. The van der Waals surface area contributed by atoms with Crippen LogP contribution in [0.4, 0.5) is 5.69 Å². The van der Waals surface area contributed by atoms with E-state index >= 15 is 0 Å². The van der Waals surface area contributed by atoms with Crippen molar-refractivity contribution in [3.05, 3.63) is 23.8 Å². The maximum Gasteiger partial charge on any atom is 0.209 e. The average Bonchev–Trinajstić information content (AvgIpc) is 2.58. The van der Waals surface area contributed by atoms with Crippen molar-refractivity contribution in [3.63, 3.8) is 0 Å². The van der Waals surface area contributed by atoms with Crippen LogP contribution in [0.5, 0.6) is 0 Å². The van der Waals surface area contributed by atoms with Gasteiger partial charge in [0.25, 0.3) is 0 Å². The van der Waals surface area contributed by atoms with E-state index in [0.717, 1.165) is 29.9 Å². The molecule has 0 atom stereocenters. The van der Waals surface area contributed by atoms with Gasteiger partial charge in [0, 0.05) is 29.9 Å². The second kappa shape index (κ2) is 5.63. The van der Waals surface area contributed by atoms with E-state index in [1.807, 2.05) is 6.07 Å². The molecule has 0 aromatic heterocycles. The SMILES string of the molecule is CCC[N+]1=C(C)C(C)(C)c2cc(SOOO)ccc21. The van der Waals surface area contributed by atoms with Crippen LogP contribution in [0.3, 0.4) is 0 Å². The summed E-state index contributed by atoms with van der Waals surface area (Å²) in [6.07, 6.45) is 1.12. The van der Waals surface area contributed by atoms with Gasteiger partial charge in [-0.15, -0.1) is 4.33 Å². The van der Waals surface area contributed by atoms with Gasteiger partial charge in [-0.2, -0.15) is 4.58 Å². The van der Waals surface area contributed by atoms with Gasteiger partial charge in [0.15, 0.2) is 5.71 Å². The second-order valence-electron chi connectivity index (χ2n) is 5.27. The molecule has 0 aliphatic carbocycles. The average molecular weight is 282 g/mol. The lowest BCUT2D eigenvalue weighted by atomic mass is 9.82. The second-order valence-corrected chi connectivity index (χ2v) is 6.04. The number of benzene rings is 1. The summed E-state index contributed by atoms with van der Waals surface area (Å²) in [7, 11) is 0. The quantitative estimate of drug-likeness (QED) is 0.385.